The Morgan fingerprint density at radius 2 is 1.16 bits per heavy atom. The Balaban J connectivity index is 1.47. The van der Waals surface area contributed by atoms with Crippen molar-refractivity contribution in [3.63, 3.8) is 0 Å². The number of nitrogens with zero attached hydrogens (tertiary/aromatic N) is 2. The van der Waals surface area contributed by atoms with E-state index >= 15 is 4.79 Å². The zero-order valence-electron chi connectivity index (χ0n) is 26.4. The van der Waals surface area contributed by atoms with E-state index in [4.69, 9.17) is 16.3 Å². The summed E-state index contributed by atoms with van der Waals surface area (Å²) in [5.74, 6) is 0.0506. The van der Waals surface area contributed by atoms with Crippen LogP contribution in [-0.2, 0) is 15.3 Å². The van der Waals surface area contributed by atoms with E-state index < -0.39 is 11.8 Å². The molecule has 0 saturated heterocycles. The first-order valence-corrected chi connectivity index (χ1v) is 16.6. The molecule has 0 fully saturated rings. The third-order valence-corrected chi connectivity index (χ3v) is 9.51. The molecule has 2 atom stereocenters. The predicted octanol–water partition coefficient (Wildman–Crippen LogP) is 9.92. The molecule has 238 valence electrons. The number of halogens is 1. The van der Waals surface area contributed by atoms with Crippen molar-refractivity contribution in [3.8, 4) is 0 Å². The maximum atomic E-state index is 15.6. The molecular weight excluding hydrogens is 628 g/mol. The van der Waals surface area contributed by atoms with E-state index in [-0.39, 0.29) is 18.2 Å². The highest BCUT2D eigenvalue weighted by Crippen LogP contribution is 2.56. The van der Waals surface area contributed by atoms with Crippen LogP contribution < -0.4 is 9.80 Å². The number of carbonyl (C=O) groups excluding carboxylic acids is 2. The number of para-hydroxylation sites is 2. The number of rotatable bonds is 5. The lowest BCUT2D eigenvalue weighted by atomic mass is 9.86. The van der Waals surface area contributed by atoms with Crippen LogP contribution in [0.5, 0.6) is 0 Å². The van der Waals surface area contributed by atoms with Crippen molar-refractivity contribution in [3.05, 3.63) is 203 Å². The van der Waals surface area contributed by atoms with E-state index in [1.165, 1.54) is 0 Å². The van der Waals surface area contributed by atoms with Gasteiger partial charge in [-0.15, -0.1) is 0 Å². The van der Waals surface area contributed by atoms with Crippen molar-refractivity contribution < 1.29 is 14.3 Å². The molecule has 0 radical (unpaired) electrons. The van der Waals surface area contributed by atoms with Crippen LogP contribution in [0, 0.1) is 0 Å². The van der Waals surface area contributed by atoms with Crippen LogP contribution in [-0.4, -0.2) is 11.8 Å². The van der Waals surface area contributed by atoms with Gasteiger partial charge in [0.2, 0.25) is 5.72 Å². The minimum Gasteiger partial charge on any atom is -0.462 e. The Bertz CT molecular complexity index is 2170. The number of anilines is 2. The summed E-state index contributed by atoms with van der Waals surface area (Å²) in [7, 11) is 0. The monoisotopic (exact) mass is 658 g/mol. The van der Waals surface area contributed by atoms with Crippen LogP contribution in [0.15, 0.2) is 170 Å². The standard InChI is InChI=1S/C43H31ClN2O3/c44-35-27-25-34(26-28-35)43-29-38(30-15-5-1-6-16-30)45(41(47)33-21-11-4-12-22-33)36-23-13-14-24-37(36)46(43)42(48)39(31-17-7-2-8-18-31)40(49-43)32-19-9-3-10-20-32/h1-28,38H,29H2/t38-,43-/m0/s1. The van der Waals surface area contributed by atoms with Crippen molar-refractivity contribution >= 4 is 46.1 Å². The molecule has 0 saturated carbocycles. The van der Waals surface area contributed by atoms with E-state index in [2.05, 4.69) is 0 Å². The van der Waals surface area contributed by atoms with E-state index in [1.807, 2.05) is 175 Å². The number of carbonyl (C=O) groups is 2. The zero-order valence-corrected chi connectivity index (χ0v) is 27.2. The fourth-order valence-corrected chi connectivity index (χ4v) is 7.16. The molecule has 0 bridgehead atoms. The highest BCUT2D eigenvalue weighted by molar-refractivity contribution is 6.33. The minimum atomic E-state index is -1.40. The molecule has 0 aliphatic carbocycles. The fourth-order valence-electron chi connectivity index (χ4n) is 7.03. The predicted molar refractivity (Wildman–Crippen MR) is 195 cm³/mol. The van der Waals surface area contributed by atoms with Gasteiger partial charge in [-0.1, -0.05) is 145 Å². The van der Waals surface area contributed by atoms with Gasteiger partial charge in [0, 0.05) is 28.1 Å². The Kier molecular flexibility index (Phi) is 7.83. The van der Waals surface area contributed by atoms with E-state index in [0.29, 0.717) is 33.3 Å². The smallest absolute Gasteiger partial charge is 0.266 e. The number of hydrogen-bond acceptors (Lipinski definition) is 3. The first-order chi connectivity index (χ1) is 24.0. The molecule has 2 heterocycles. The molecule has 6 heteroatoms. The van der Waals surface area contributed by atoms with Gasteiger partial charge in [-0.05, 0) is 47.5 Å². The van der Waals surface area contributed by atoms with Crippen LogP contribution in [0.4, 0.5) is 11.4 Å². The Hall–Kier alpha value is -5.91. The number of amides is 2. The van der Waals surface area contributed by atoms with Gasteiger partial charge in [-0.2, -0.15) is 0 Å². The molecular formula is C43H31ClN2O3. The zero-order chi connectivity index (χ0) is 33.4. The number of hydrogen-bond donors (Lipinski definition) is 0. The van der Waals surface area contributed by atoms with Crippen LogP contribution in [0.25, 0.3) is 11.3 Å². The SMILES string of the molecule is O=C(c1ccccc1)N1c2ccccc2N2C(=O)C(c3ccccc3)=C(c3ccccc3)O[C@]2(c2ccc(Cl)cc2)C[C@H]1c1ccccc1. The minimum absolute atomic E-state index is 0.181. The largest absolute Gasteiger partial charge is 0.462 e. The second-order valence-corrected chi connectivity index (χ2v) is 12.6. The van der Waals surface area contributed by atoms with Crippen molar-refractivity contribution in [2.45, 2.75) is 18.2 Å². The van der Waals surface area contributed by atoms with Crippen LogP contribution in [0.3, 0.4) is 0 Å². The molecule has 5 nitrogen and oxygen atoms in total. The Morgan fingerprint density at radius 1 is 0.633 bits per heavy atom. The number of ether oxygens (including phenoxy) is 1. The molecule has 8 rings (SSSR count). The fraction of sp³-hybridized carbons (Fsp3) is 0.0698. The highest BCUT2D eigenvalue weighted by atomic mass is 35.5. The topological polar surface area (TPSA) is 49.9 Å². The lowest BCUT2D eigenvalue weighted by Gasteiger charge is -2.48. The van der Waals surface area contributed by atoms with Crippen molar-refractivity contribution in [2.24, 2.45) is 0 Å². The average molecular weight is 659 g/mol. The van der Waals surface area contributed by atoms with Crippen molar-refractivity contribution in [1.82, 2.24) is 0 Å². The molecule has 2 amide bonds. The summed E-state index contributed by atoms with van der Waals surface area (Å²) in [4.78, 5) is 33.9. The molecule has 6 aromatic rings. The van der Waals surface area contributed by atoms with Gasteiger partial charge in [-0.25, -0.2) is 0 Å². The van der Waals surface area contributed by atoms with Crippen LogP contribution >= 0.6 is 11.6 Å². The van der Waals surface area contributed by atoms with E-state index in [9.17, 15) is 4.79 Å². The summed E-state index contributed by atoms with van der Waals surface area (Å²) in [5.41, 5.74) is 3.89. The highest BCUT2D eigenvalue weighted by Gasteiger charge is 2.56. The first kappa shape index (κ1) is 30.4. The number of fused-ring (bicyclic) bond motifs is 3. The normalized spacial score (nSPS) is 18.6. The number of benzene rings is 6. The molecule has 0 spiro atoms. The molecule has 0 aromatic heterocycles. The maximum absolute atomic E-state index is 15.6. The van der Waals surface area contributed by atoms with Crippen molar-refractivity contribution in [2.75, 3.05) is 9.80 Å². The lowest BCUT2D eigenvalue weighted by molar-refractivity contribution is -0.120. The van der Waals surface area contributed by atoms with Gasteiger partial charge in [-0.3, -0.25) is 19.4 Å². The van der Waals surface area contributed by atoms with Gasteiger partial charge in [0.05, 0.1) is 23.0 Å². The summed E-state index contributed by atoms with van der Waals surface area (Å²) in [6.45, 7) is 0. The first-order valence-electron chi connectivity index (χ1n) is 16.2. The van der Waals surface area contributed by atoms with Gasteiger partial charge in [0.15, 0.2) is 0 Å². The Morgan fingerprint density at radius 3 is 1.80 bits per heavy atom. The summed E-state index contributed by atoms with van der Waals surface area (Å²) >= 11 is 6.47. The molecule has 2 aliphatic heterocycles. The van der Waals surface area contributed by atoms with Crippen LogP contribution in [0.2, 0.25) is 5.02 Å². The molecule has 6 aromatic carbocycles. The summed E-state index contributed by atoms with van der Waals surface area (Å²) in [6.07, 6.45) is 0.218. The molecule has 49 heavy (non-hydrogen) atoms. The second-order valence-electron chi connectivity index (χ2n) is 12.1. The van der Waals surface area contributed by atoms with Crippen molar-refractivity contribution in [1.29, 1.82) is 0 Å². The summed E-state index contributed by atoms with van der Waals surface area (Å²) in [6, 6.07) is 53.1. The third kappa shape index (κ3) is 5.29. The lowest BCUT2D eigenvalue weighted by Crippen LogP contribution is -2.55. The van der Waals surface area contributed by atoms with Gasteiger partial charge >= 0.3 is 0 Å². The van der Waals surface area contributed by atoms with Gasteiger partial charge in [0.25, 0.3) is 11.8 Å². The molecule has 2 aliphatic rings. The Labute approximate surface area is 290 Å². The summed E-state index contributed by atoms with van der Waals surface area (Å²) in [5, 5.41) is 0.562. The molecule has 0 N–H and O–H groups in total. The van der Waals surface area contributed by atoms with E-state index in [0.717, 1.165) is 22.3 Å². The van der Waals surface area contributed by atoms with Gasteiger partial charge in [0.1, 0.15) is 5.76 Å². The van der Waals surface area contributed by atoms with Gasteiger partial charge < -0.3 is 4.74 Å². The van der Waals surface area contributed by atoms with Crippen LogP contribution in [0.1, 0.15) is 45.1 Å². The summed E-state index contributed by atoms with van der Waals surface area (Å²) < 4.78 is 7.45. The average Bonchev–Trinajstić information content (AvgIpc) is 3.29. The van der Waals surface area contributed by atoms with E-state index in [1.54, 1.807) is 4.90 Å². The quantitative estimate of drug-likeness (QED) is 0.185. The molecule has 0 unspecified atom stereocenters. The third-order valence-electron chi connectivity index (χ3n) is 9.26. The second kappa shape index (κ2) is 12.6. The maximum Gasteiger partial charge on any atom is 0.266 e.